The molecule has 2 aromatic rings. The molecule has 0 bridgehead atoms. The van der Waals surface area contributed by atoms with Crippen LogP contribution in [0.4, 0.5) is 5.95 Å². The van der Waals surface area contributed by atoms with Crippen molar-refractivity contribution >= 4 is 29.6 Å². The number of aromatic nitrogens is 3. The van der Waals surface area contributed by atoms with Crippen LogP contribution < -0.4 is 10.6 Å². The molecule has 2 aromatic heterocycles. The minimum Gasteiger partial charge on any atom is -0.372 e. The highest BCUT2D eigenvalue weighted by molar-refractivity contribution is 5.99. The second-order valence-electron chi connectivity index (χ2n) is 10.8. The third kappa shape index (κ3) is 4.76. The van der Waals surface area contributed by atoms with Crippen LogP contribution in [0.15, 0.2) is 40.9 Å². The van der Waals surface area contributed by atoms with Gasteiger partial charge in [-0.05, 0) is 50.6 Å². The Morgan fingerprint density at radius 2 is 2.00 bits per heavy atom. The highest BCUT2D eigenvalue weighted by Gasteiger charge is 2.42. The van der Waals surface area contributed by atoms with E-state index in [4.69, 9.17) is 4.98 Å². The first-order valence-electron chi connectivity index (χ1n) is 13.2. The van der Waals surface area contributed by atoms with Gasteiger partial charge in [0, 0.05) is 56.5 Å². The van der Waals surface area contributed by atoms with Crippen LogP contribution in [0.5, 0.6) is 0 Å². The Kier molecular flexibility index (Phi) is 6.83. The summed E-state index contributed by atoms with van der Waals surface area (Å²) in [4.78, 5) is 31.0. The fraction of sp³-hybridized carbons (Fsp3) is 0.556. The number of amides is 1. The van der Waals surface area contributed by atoms with E-state index in [2.05, 4.69) is 68.5 Å². The predicted octanol–water partition coefficient (Wildman–Crippen LogP) is 3.58. The number of nitrogens with one attached hydrogen (secondary N) is 2. The molecule has 0 atom stereocenters. The van der Waals surface area contributed by atoms with Crippen molar-refractivity contribution in [2.24, 2.45) is 10.9 Å². The van der Waals surface area contributed by atoms with Gasteiger partial charge in [-0.2, -0.15) is 4.98 Å². The van der Waals surface area contributed by atoms with Gasteiger partial charge in [0.25, 0.3) is 5.91 Å². The van der Waals surface area contributed by atoms with Crippen molar-refractivity contribution in [2.75, 3.05) is 44.6 Å². The number of fused-ring (bicyclic) bond motifs is 4. The molecular weight excluding hydrogens is 452 g/mol. The molecule has 1 spiro atoms. The summed E-state index contributed by atoms with van der Waals surface area (Å²) in [6, 6.07) is 1.91. The number of anilines is 1. The van der Waals surface area contributed by atoms with E-state index in [0.717, 1.165) is 69.4 Å². The normalized spacial score (nSPS) is 20.8. The predicted molar refractivity (Wildman–Crippen MR) is 144 cm³/mol. The highest BCUT2D eigenvalue weighted by atomic mass is 16.2. The number of hydrogen-bond acceptors (Lipinski definition) is 7. The number of piperazine rings is 1. The average Bonchev–Trinajstić information content (AvgIpc) is 3.50. The van der Waals surface area contributed by atoms with Crippen molar-refractivity contribution in [3.63, 3.8) is 0 Å². The lowest BCUT2D eigenvalue weighted by Crippen LogP contribution is -2.50. The Balaban J connectivity index is 1.34. The molecule has 1 saturated heterocycles. The smallest absolute Gasteiger partial charge is 0.268 e. The molecule has 0 radical (unpaired) electrons. The zero-order chi connectivity index (χ0) is 25.3. The van der Waals surface area contributed by atoms with Crippen molar-refractivity contribution in [3.8, 4) is 0 Å². The molecule has 2 fully saturated rings. The van der Waals surface area contributed by atoms with Gasteiger partial charge in [0.15, 0.2) is 0 Å². The first-order chi connectivity index (χ1) is 17.4. The third-order valence-electron chi connectivity index (χ3n) is 7.75. The molecule has 192 valence electrons. The molecule has 1 saturated carbocycles. The molecule has 0 aromatic carbocycles. The van der Waals surface area contributed by atoms with Gasteiger partial charge in [-0.3, -0.25) is 9.69 Å². The van der Waals surface area contributed by atoms with E-state index in [-0.39, 0.29) is 11.4 Å². The number of rotatable bonds is 7. The van der Waals surface area contributed by atoms with Gasteiger partial charge in [-0.25, -0.2) is 9.98 Å². The van der Waals surface area contributed by atoms with Crippen LogP contribution in [0.3, 0.4) is 0 Å². The summed E-state index contributed by atoms with van der Waals surface area (Å²) in [7, 11) is 0. The first-order valence-corrected chi connectivity index (χ1v) is 13.2. The van der Waals surface area contributed by atoms with Crippen molar-refractivity contribution in [2.45, 2.75) is 52.0 Å². The minimum atomic E-state index is -0.0922. The molecule has 4 heterocycles. The highest BCUT2D eigenvalue weighted by Crippen LogP contribution is 2.41. The summed E-state index contributed by atoms with van der Waals surface area (Å²) in [6.07, 6.45) is 10.2. The Labute approximate surface area is 213 Å². The number of aliphatic imine (C=N–C) groups is 1. The van der Waals surface area contributed by atoms with E-state index in [1.807, 2.05) is 12.1 Å². The molecule has 5 rings (SSSR count). The minimum absolute atomic E-state index is 0.0426. The zero-order valence-electron chi connectivity index (χ0n) is 21.8. The van der Waals surface area contributed by atoms with Gasteiger partial charge in [0.2, 0.25) is 5.95 Å². The number of allylic oxidation sites excluding steroid dienone is 3. The molecule has 1 aliphatic carbocycles. The summed E-state index contributed by atoms with van der Waals surface area (Å²) in [5.41, 5.74) is 2.58. The monoisotopic (exact) mass is 490 g/mol. The number of hydrogen-bond donors (Lipinski definition) is 2. The zero-order valence-corrected chi connectivity index (χ0v) is 21.8. The fourth-order valence-corrected chi connectivity index (χ4v) is 5.90. The lowest BCUT2D eigenvalue weighted by molar-refractivity contribution is 0.0876. The topological polar surface area (TPSA) is 90.7 Å². The van der Waals surface area contributed by atoms with Gasteiger partial charge >= 0.3 is 0 Å². The van der Waals surface area contributed by atoms with E-state index in [9.17, 15) is 4.79 Å². The maximum Gasteiger partial charge on any atom is 0.268 e. The molecule has 2 N–H and O–H groups in total. The van der Waals surface area contributed by atoms with Crippen LogP contribution in [-0.4, -0.2) is 76.2 Å². The van der Waals surface area contributed by atoms with Crippen LogP contribution in [-0.2, 0) is 5.54 Å². The lowest BCUT2D eigenvalue weighted by atomic mass is 9.94. The van der Waals surface area contributed by atoms with Crippen molar-refractivity contribution in [1.82, 2.24) is 29.7 Å². The largest absolute Gasteiger partial charge is 0.372 e. The average molecular weight is 491 g/mol. The Hall–Kier alpha value is -3.20. The maximum atomic E-state index is 12.6. The van der Waals surface area contributed by atoms with Crippen LogP contribution in [0.25, 0.3) is 11.0 Å². The Morgan fingerprint density at radius 3 is 2.69 bits per heavy atom. The van der Waals surface area contributed by atoms with Gasteiger partial charge in [-0.15, -0.1) is 0 Å². The summed E-state index contributed by atoms with van der Waals surface area (Å²) in [5, 5.41) is 7.18. The third-order valence-corrected chi connectivity index (χ3v) is 7.75. The Morgan fingerprint density at radius 1 is 1.25 bits per heavy atom. The van der Waals surface area contributed by atoms with Gasteiger partial charge in [0.05, 0.1) is 5.54 Å². The molecule has 2 aliphatic heterocycles. The molecule has 1 amide bonds. The standard InChI is InChI=1S/C27H38N8O/c1-19(2)17-33-11-13-34(14-12-33)20(3)7-8-23(28-4)31-26-29-16-21-15-22-25(36)30-18-27(9-5-6-10-27)35(22)24(21)32-26/h7-8,15-16,19H,4-6,9-14,17-18H2,1-3H3,(H,30,36)(H,29,31,32)/b20-7+,23-8+. The molecular formula is C27H38N8O. The summed E-state index contributed by atoms with van der Waals surface area (Å²) in [6.45, 7) is 16.5. The summed E-state index contributed by atoms with van der Waals surface area (Å²) >= 11 is 0. The maximum absolute atomic E-state index is 12.6. The summed E-state index contributed by atoms with van der Waals surface area (Å²) in [5.74, 6) is 1.70. The molecule has 36 heavy (non-hydrogen) atoms. The summed E-state index contributed by atoms with van der Waals surface area (Å²) < 4.78 is 2.16. The van der Waals surface area contributed by atoms with Crippen LogP contribution >= 0.6 is 0 Å². The van der Waals surface area contributed by atoms with Crippen LogP contribution in [0.2, 0.25) is 0 Å². The van der Waals surface area contributed by atoms with Gasteiger partial charge in [0.1, 0.15) is 17.2 Å². The fourth-order valence-electron chi connectivity index (χ4n) is 5.90. The SMILES string of the molecule is C=N/C(=C\C=C(/C)N1CCN(CC(C)C)CC1)Nc1ncc2cc3n(c2n1)C1(CCCC1)CNC3=O. The van der Waals surface area contributed by atoms with E-state index in [0.29, 0.717) is 29.9 Å². The second kappa shape index (κ2) is 10.0. The van der Waals surface area contributed by atoms with Crippen LogP contribution in [0, 0.1) is 5.92 Å². The van der Waals surface area contributed by atoms with E-state index in [1.54, 1.807) is 6.20 Å². The van der Waals surface area contributed by atoms with Crippen molar-refractivity contribution < 1.29 is 4.79 Å². The number of carbonyl (C=O) groups excluding carboxylic acids is 1. The number of carbonyl (C=O) groups is 1. The van der Waals surface area contributed by atoms with Gasteiger partial charge in [-0.1, -0.05) is 26.7 Å². The van der Waals surface area contributed by atoms with Crippen LogP contribution in [0.1, 0.15) is 56.9 Å². The molecule has 3 aliphatic rings. The van der Waals surface area contributed by atoms with Crippen molar-refractivity contribution in [1.29, 1.82) is 0 Å². The van der Waals surface area contributed by atoms with Gasteiger partial charge < -0.3 is 20.1 Å². The van der Waals surface area contributed by atoms with E-state index in [1.165, 1.54) is 5.70 Å². The molecule has 9 nitrogen and oxygen atoms in total. The van der Waals surface area contributed by atoms with E-state index < -0.39 is 0 Å². The molecule has 0 unspecified atom stereocenters. The number of nitrogens with zero attached hydrogens (tertiary/aromatic N) is 6. The first kappa shape index (κ1) is 24.5. The lowest BCUT2D eigenvalue weighted by Gasteiger charge is -2.37. The molecule has 9 heteroatoms. The Bertz CT molecular complexity index is 1200. The quantitative estimate of drug-likeness (QED) is 0.456. The second-order valence-corrected chi connectivity index (χ2v) is 10.8. The van der Waals surface area contributed by atoms with E-state index >= 15 is 0 Å². The van der Waals surface area contributed by atoms with Crippen molar-refractivity contribution in [3.05, 3.63) is 41.6 Å².